The summed E-state index contributed by atoms with van der Waals surface area (Å²) < 4.78 is 0. The fourth-order valence-corrected chi connectivity index (χ4v) is 2.14. The predicted octanol–water partition coefficient (Wildman–Crippen LogP) is 3.59. The molecule has 0 heterocycles. The van der Waals surface area contributed by atoms with Gasteiger partial charge in [0.15, 0.2) is 0 Å². The van der Waals surface area contributed by atoms with E-state index >= 15 is 0 Å². The molecular formula is C11H19. The summed E-state index contributed by atoms with van der Waals surface area (Å²) in [6, 6.07) is 0. The fourth-order valence-electron chi connectivity index (χ4n) is 2.14. The molecule has 2 unspecified atom stereocenters. The van der Waals surface area contributed by atoms with E-state index in [4.69, 9.17) is 0 Å². The number of allylic oxidation sites excluding steroid dienone is 2. The van der Waals surface area contributed by atoms with Crippen molar-refractivity contribution < 1.29 is 1.43 Å². The number of hydrogen-bond donors (Lipinski definition) is 0. The Hall–Kier alpha value is -0.260. The minimum atomic E-state index is 0. The van der Waals surface area contributed by atoms with Gasteiger partial charge in [-0.1, -0.05) is 37.8 Å². The number of rotatable bonds is 1. The molecule has 1 saturated carbocycles. The first-order valence-electron chi connectivity index (χ1n) is 4.91. The Morgan fingerprint density at radius 1 is 1.27 bits per heavy atom. The van der Waals surface area contributed by atoms with Gasteiger partial charge in [-0.2, -0.15) is 0 Å². The van der Waals surface area contributed by atoms with Crippen LogP contribution in [0.4, 0.5) is 0 Å². The van der Waals surface area contributed by atoms with Crippen molar-refractivity contribution in [3.63, 3.8) is 0 Å². The second-order valence-electron chi connectivity index (χ2n) is 4.14. The molecule has 2 rings (SSSR count). The van der Waals surface area contributed by atoms with Crippen molar-refractivity contribution in [1.82, 2.24) is 0 Å². The third kappa shape index (κ3) is 1.85. The van der Waals surface area contributed by atoms with Crippen LogP contribution >= 0.6 is 0 Å². The van der Waals surface area contributed by atoms with Crippen LogP contribution in [0.2, 0.25) is 0 Å². The molecular weight excluding hydrogens is 132 g/mol. The molecule has 63 valence electrons. The summed E-state index contributed by atoms with van der Waals surface area (Å²) in [5.41, 5.74) is 1.65. The zero-order chi connectivity index (χ0) is 7.68. The fraction of sp³-hybridized carbons (Fsp3) is 0.727. The number of hydrogen-bond acceptors (Lipinski definition) is 0. The lowest BCUT2D eigenvalue weighted by molar-refractivity contribution is 0.492. The van der Waals surface area contributed by atoms with Gasteiger partial charge < -0.3 is 0 Å². The average molecular weight is 151 g/mol. The Bertz CT molecular complexity index is 172. The van der Waals surface area contributed by atoms with Crippen LogP contribution in [0.1, 0.15) is 40.5 Å². The molecule has 1 radical (unpaired) electrons. The van der Waals surface area contributed by atoms with Gasteiger partial charge >= 0.3 is 0 Å². The van der Waals surface area contributed by atoms with E-state index in [1.165, 1.54) is 32.1 Å². The Labute approximate surface area is 71.2 Å². The van der Waals surface area contributed by atoms with Crippen molar-refractivity contribution in [3.8, 4) is 0 Å². The molecule has 0 bridgehead atoms. The molecule has 0 nitrogen and oxygen atoms in total. The van der Waals surface area contributed by atoms with Crippen LogP contribution in [-0.2, 0) is 0 Å². The standard InChI is InChI=1S/C11H17.H2/c1-9-3-2-4-10(6-5-9)11-7-8-11;/h7-10H,2-6H2,1H3;1H. The van der Waals surface area contributed by atoms with E-state index in [1.807, 2.05) is 0 Å². The van der Waals surface area contributed by atoms with Crippen LogP contribution < -0.4 is 0 Å². The maximum absolute atomic E-state index is 2.40. The molecule has 2 aliphatic carbocycles. The van der Waals surface area contributed by atoms with Gasteiger partial charge in [0.2, 0.25) is 0 Å². The molecule has 0 spiro atoms. The lowest BCUT2D eigenvalue weighted by Gasteiger charge is -2.09. The summed E-state index contributed by atoms with van der Waals surface area (Å²) >= 11 is 0. The summed E-state index contributed by atoms with van der Waals surface area (Å²) in [6.45, 7) is 2.40. The Kier molecular flexibility index (Phi) is 2.02. The summed E-state index contributed by atoms with van der Waals surface area (Å²) in [4.78, 5) is 0. The van der Waals surface area contributed by atoms with E-state index < -0.39 is 0 Å². The molecule has 0 aromatic rings. The lowest BCUT2D eigenvalue weighted by atomic mass is 9.96. The van der Waals surface area contributed by atoms with Crippen LogP contribution in [-0.4, -0.2) is 0 Å². The molecule has 2 aliphatic rings. The first-order valence-corrected chi connectivity index (χ1v) is 4.91. The van der Waals surface area contributed by atoms with E-state index in [-0.39, 0.29) is 1.43 Å². The average Bonchev–Trinajstić information content (AvgIpc) is 2.73. The first-order chi connectivity index (χ1) is 5.36. The van der Waals surface area contributed by atoms with Crippen LogP contribution in [0.3, 0.4) is 0 Å². The molecule has 0 aromatic heterocycles. The summed E-state index contributed by atoms with van der Waals surface area (Å²) in [6.07, 6.45) is 11.9. The maximum atomic E-state index is 2.40. The third-order valence-electron chi connectivity index (χ3n) is 3.09. The molecule has 0 aliphatic heterocycles. The van der Waals surface area contributed by atoms with E-state index in [0.717, 1.165) is 11.8 Å². The normalized spacial score (nSPS) is 37.7. The van der Waals surface area contributed by atoms with Crippen molar-refractivity contribution in [1.29, 1.82) is 0 Å². The van der Waals surface area contributed by atoms with Crippen LogP contribution in [0.5, 0.6) is 0 Å². The zero-order valence-corrected chi connectivity index (χ0v) is 7.34. The first kappa shape index (κ1) is 7.39. The molecule has 0 aromatic carbocycles. The van der Waals surface area contributed by atoms with Gasteiger partial charge in [-0.05, 0) is 24.7 Å². The van der Waals surface area contributed by atoms with Gasteiger partial charge in [0.05, 0.1) is 0 Å². The topological polar surface area (TPSA) is 0 Å². The second-order valence-corrected chi connectivity index (χ2v) is 4.14. The Morgan fingerprint density at radius 2 is 2.09 bits per heavy atom. The van der Waals surface area contributed by atoms with Crippen LogP contribution in [0.15, 0.2) is 11.6 Å². The molecule has 11 heavy (non-hydrogen) atoms. The molecule has 1 fully saturated rings. The van der Waals surface area contributed by atoms with E-state index in [2.05, 4.69) is 19.4 Å². The summed E-state index contributed by atoms with van der Waals surface area (Å²) in [5.74, 6) is 1.93. The highest BCUT2D eigenvalue weighted by Gasteiger charge is 2.23. The molecule has 2 atom stereocenters. The monoisotopic (exact) mass is 151 g/mol. The minimum Gasteiger partial charge on any atom is -0.0763 e. The van der Waals surface area contributed by atoms with E-state index in [0.29, 0.717) is 0 Å². The van der Waals surface area contributed by atoms with Crippen molar-refractivity contribution in [2.24, 2.45) is 11.8 Å². The van der Waals surface area contributed by atoms with Crippen LogP contribution in [0.25, 0.3) is 0 Å². The van der Waals surface area contributed by atoms with Crippen molar-refractivity contribution in [2.75, 3.05) is 0 Å². The van der Waals surface area contributed by atoms with Gasteiger partial charge in [0.1, 0.15) is 0 Å². The summed E-state index contributed by atoms with van der Waals surface area (Å²) in [5, 5.41) is 0. The Balaban J connectivity index is 0.000000720. The van der Waals surface area contributed by atoms with E-state index in [9.17, 15) is 0 Å². The molecule has 0 N–H and O–H groups in total. The zero-order valence-electron chi connectivity index (χ0n) is 7.34. The van der Waals surface area contributed by atoms with Crippen molar-refractivity contribution in [3.05, 3.63) is 18.1 Å². The molecule has 0 saturated heterocycles. The SMILES string of the molecule is CC1CCCC(C2=C[CH]2)CC1.[HH]. The van der Waals surface area contributed by atoms with Gasteiger partial charge in [-0.25, -0.2) is 0 Å². The second kappa shape index (κ2) is 3.00. The molecule has 0 heteroatoms. The minimum absolute atomic E-state index is 0. The highest BCUT2D eigenvalue weighted by Crippen LogP contribution is 2.37. The Morgan fingerprint density at radius 3 is 2.82 bits per heavy atom. The maximum Gasteiger partial charge on any atom is 0.00832 e. The summed E-state index contributed by atoms with van der Waals surface area (Å²) in [7, 11) is 0. The van der Waals surface area contributed by atoms with Crippen molar-refractivity contribution >= 4 is 0 Å². The predicted molar refractivity (Wildman–Crippen MR) is 50.2 cm³/mol. The van der Waals surface area contributed by atoms with Gasteiger partial charge in [-0.3, -0.25) is 0 Å². The quantitative estimate of drug-likeness (QED) is 0.502. The van der Waals surface area contributed by atoms with E-state index in [1.54, 1.807) is 5.57 Å². The van der Waals surface area contributed by atoms with Gasteiger partial charge in [-0.15, -0.1) is 0 Å². The third-order valence-corrected chi connectivity index (χ3v) is 3.09. The van der Waals surface area contributed by atoms with Gasteiger partial charge in [0.25, 0.3) is 0 Å². The highest BCUT2D eigenvalue weighted by atomic mass is 14.3. The highest BCUT2D eigenvalue weighted by molar-refractivity contribution is 5.40. The smallest absolute Gasteiger partial charge is 0.00832 e. The largest absolute Gasteiger partial charge is 0.0763 e. The van der Waals surface area contributed by atoms with Crippen molar-refractivity contribution in [2.45, 2.75) is 39.0 Å². The van der Waals surface area contributed by atoms with Crippen LogP contribution in [0, 0.1) is 18.3 Å². The lowest BCUT2D eigenvalue weighted by Crippen LogP contribution is -1.96. The molecule has 0 amide bonds. The van der Waals surface area contributed by atoms with Gasteiger partial charge in [0, 0.05) is 7.85 Å².